The Morgan fingerprint density at radius 3 is 2.78 bits per heavy atom. The van der Waals surface area contributed by atoms with Gasteiger partial charge in [-0.15, -0.1) is 29.7 Å². The Kier molecular flexibility index (Phi) is 2.66. The van der Waals surface area contributed by atoms with Gasteiger partial charge in [-0.2, -0.15) is 0 Å². The second-order valence-corrected chi connectivity index (χ2v) is 4.10. The Morgan fingerprint density at radius 2 is 1.83 bits per heavy atom. The molecule has 2 aromatic carbocycles. The van der Waals surface area contributed by atoms with Crippen molar-refractivity contribution in [1.82, 2.24) is 9.38 Å². The van der Waals surface area contributed by atoms with Crippen molar-refractivity contribution in [3.8, 4) is 0 Å². The molecule has 0 fully saturated rings. The summed E-state index contributed by atoms with van der Waals surface area (Å²) in [6, 6.07) is 17.8. The summed E-state index contributed by atoms with van der Waals surface area (Å²) in [7, 11) is 0. The fourth-order valence-corrected chi connectivity index (χ4v) is 2.44. The number of rotatable bonds is 0. The molecule has 2 heterocycles. The Morgan fingerprint density at radius 1 is 1.00 bits per heavy atom. The first-order chi connectivity index (χ1) is 8.45. The van der Waals surface area contributed by atoms with Crippen LogP contribution in [-0.2, 0) is 20.1 Å². The summed E-state index contributed by atoms with van der Waals surface area (Å²) >= 11 is 0. The van der Waals surface area contributed by atoms with Gasteiger partial charge >= 0.3 is 0 Å². The van der Waals surface area contributed by atoms with Gasteiger partial charge in [0.15, 0.2) is 0 Å². The van der Waals surface area contributed by atoms with Gasteiger partial charge in [0.25, 0.3) is 0 Å². The van der Waals surface area contributed by atoms with Crippen LogP contribution in [0.1, 0.15) is 0 Å². The van der Waals surface area contributed by atoms with Gasteiger partial charge in [-0.1, -0.05) is 23.6 Å². The largest absolute Gasteiger partial charge is 0.340 e. The standard InChI is InChI=1S/C15H9N2.Ir/c1-2-7-13-11(5-1)12-6-3-4-8-14(12)17-10-9-16-15(13)17;/h1-6,8-10H;/q-1;. The topological polar surface area (TPSA) is 17.3 Å². The van der Waals surface area contributed by atoms with E-state index >= 15 is 0 Å². The maximum absolute atomic E-state index is 4.43. The van der Waals surface area contributed by atoms with Crippen molar-refractivity contribution in [3.05, 3.63) is 60.9 Å². The van der Waals surface area contributed by atoms with E-state index in [1.54, 1.807) is 0 Å². The Bertz CT molecular complexity index is 779. The molecule has 0 unspecified atom stereocenters. The third-order valence-electron chi connectivity index (χ3n) is 3.17. The molecule has 3 heteroatoms. The summed E-state index contributed by atoms with van der Waals surface area (Å²) in [4.78, 5) is 4.43. The average Bonchev–Trinajstić information content (AvgIpc) is 2.89. The minimum atomic E-state index is 0. The van der Waals surface area contributed by atoms with Crippen LogP contribution in [0.3, 0.4) is 0 Å². The molecule has 0 N–H and O–H groups in total. The zero-order chi connectivity index (χ0) is 11.2. The minimum absolute atomic E-state index is 0. The maximum atomic E-state index is 4.43. The summed E-state index contributed by atoms with van der Waals surface area (Å²) in [6.45, 7) is 0. The van der Waals surface area contributed by atoms with Gasteiger partial charge in [0, 0.05) is 38.0 Å². The second kappa shape index (κ2) is 4.20. The second-order valence-electron chi connectivity index (χ2n) is 4.10. The van der Waals surface area contributed by atoms with Crippen molar-refractivity contribution in [3.63, 3.8) is 0 Å². The van der Waals surface area contributed by atoms with Gasteiger partial charge in [-0.05, 0) is 11.5 Å². The zero-order valence-electron chi connectivity index (χ0n) is 9.42. The Balaban J connectivity index is 0.000001000. The van der Waals surface area contributed by atoms with E-state index < -0.39 is 0 Å². The number of para-hydroxylation sites is 1. The van der Waals surface area contributed by atoms with Crippen molar-refractivity contribution < 1.29 is 20.1 Å². The van der Waals surface area contributed by atoms with Gasteiger partial charge in [0.05, 0.1) is 5.65 Å². The molecule has 0 atom stereocenters. The average molecular weight is 409 g/mol. The molecule has 0 aliphatic heterocycles. The Labute approximate surface area is 118 Å². The van der Waals surface area contributed by atoms with Crippen molar-refractivity contribution >= 4 is 27.3 Å². The molecule has 18 heavy (non-hydrogen) atoms. The quantitative estimate of drug-likeness (QED) is 0.321. The number of imidazole rings is 1. The zero-order valence-corrected chi connectivity index (χ0v) is 11.8. The van der Waals surface area contributed by atoms with Gasteiger partial charge in [-0.3, -0.25) is 4.98 Å². The van der Waals surface area contributed by atoms with Gasteiger partial charge in [0.1, 0.15) is 0 Å². The number of fused-ring (bicyclic) bond motifs is 6. The molecule has 4 aromatic rings. The van der Waals surface area contributed by atoms with Gasteiger partial charge in [0.2, 0.25) is 0 Å². The van der Waals surface area contributed by atoms with Crippen LogP contribution in [0, 0.1) is 6.07 Å². The fraction of sp³-hybridized carbons (Fsp3) is 0. The van der Waals surface area contributed by atoms with E-state index in [0.29, 0.717) is 0 Å². The first-order valence-electron chi connectivity index (χ1n) is 5.59. The normalized spacial score (nSPS) is 10.9. The summed E-state index contributed by atoms with van der Waals surface area (Å²) in [5.74, 6) is 0. The van der Waals surface area contributed by atoms with Gasteiger partial charge < -0.3 is 4.40 Å². The first-order valence-corrected chi connectivity index (χ1v) is 5.59. The van der Waals surface area contributed by atoms with E-state index in [1.165, 1.54) is 16.3 Å². The van der Waals surface area contributed by atoms with E-state index in [4.69, 9.17) is 0 Å². The minimum Gasteiger partial charge on any atom is -0.340 e. The summed E-state index contributed by atoms with van der Waals surface area (Å²) in [5.41, 5.74) is 2.16. The molecule has 2 nitrogen and oxygen atoms in total. The molecule has 1 radical (unpaired) electrons. The van der Waals surface area contributed by atoms with Crippen molar-refractivity contribution in [2.75, 3.05) is 0 Å². The van der Waals surface area contributed by atoms with E-state index in [1.807, 2.05) is 24.5 Å². The smallest absolute Gasteiger partial charge is 0.0608 e. The van der Waals surface area contributed by atoms with Crippen LogP contribution in [0.2, 0.25) is 0 Å². The van der Waals surface area contributed by atoms with E-state index in [9.17, 15) is 0 Å². The monoisotopic (exact) mass is 410 g/mol. The molecule has 0 bridgehead atoms. The Hall–Kier alpha value is -1.70. The first kappa shape index (κ1) is 11.4. The molecule has 2 aromatic heterocycles. The third-order valence-corrected chi connectivity index (χ3v) is 3.17. The number of pyridine rings is 1. The predicted octanol–water partition coefficient (Wildman–Crippen LogP) is 3.44. The maximum Gasteiger partial charge on any atom is 0.0608 e. The third kappa shape index (κ3) is 1.41. The van der Waals surface area contributed by atoms with Crippen LogP contribution in [-0.4, -0.2) is 9.38 Å². The van der Waals surface area contributed by atoms with Crippen LogP contribution in [0.5, 0.6) is 0 Å². The molecule has 0 aliphatic rings. The van der Waals surface area contributed by atoms with Crippen molar-refractivity contribution in [1.29, 1.82) is 0 Å². The molecule has 0 spiro atoms. The fourth-order valence-electron chi connectivity index (χ4n) is 2.44. The SMILES string of the molecule is [Ir].[c-]1cccc2c1c1nccn1c1ccccc21. The molecule has 4 rings (SSSR count). The number of aromatic nitrogens is 2. The van der Waals surface area contributed by atoms with E-state index in [0.717, 1.165) is 11.0 Å². The van der Waals surface area contributed by atoms with Crippen LogP contribution < -0.4 is 0 Å². The molecule has 0 saturated carbocycles. The van der Waals surface area contributed by atoms with Crippen molar-refractivity contribution in [2.45, 2.75) is 0 Å². The van der Waals surface area contributed by atoms with Crippen LogP contribution in [0.15, 0.2) is 54.9 Å². The van der Waals surface area contributed by atoms with Crippen LogP contribution >= 0.6 is 0 Å². The number of hydrogen-bond acceptors (Lipinski definition) is 1. The van der Waals surface area contributed by atoms with Crippen LogP contribution in [0.25, 0.3) is 27.3 Å². The summed E-state index contributed by atoms with van der Waals surface area (Å²) < 4.78 is 2.12. The molecular formula is C15H9IrN2-. The molecule has 0 aliphatic carbocycles. The van der Waals surface area contributed by atoms with Crippen LogP contribution in [0.4, 0.5) is 0 Å². The number of nitrogens with zero attached hydrogens (tertiary/aromatic N) is 2. The summed E-state index contributed by atoms with van der Waals surface area (Å²) in [6.07, 6.45) is 3.83. The van der Waals surface area contributed by atoms with Gasteiger partial charge in [-0.25, -0.2) is 0 Å². The van der Waals surface area contributed by atoms with E-state index in [2.05, 4.69) is 45.8 Å². The molecule has 0 amide bonds. The summed E-state index contributed by atoms with van der Waals surface area (Å²) in [5, 5.41) is 3.53. The molecule has 0 saturated heterocycles. The van der Waals surface area contributed by atoms with E-state index in [-0.39, 0.29) is 20.1 Å². The van der Waals surface area contributed by atoms with Crippen molar-refractivity contribution in [2.24, 2.45) is 0 Å². The number of hydrogen-bond donors (Lipinski definition) is 0. The number of benzene rings is 2. The molecule has 89 valence electrons. The molecular weight excluding hydrogens is 400 g/mol. The predicted molar refractivity (Wildman–Crippen MR) is 69.0 cm³/mol.